The van der Waals surface area contributed by atoms with Gasteiger partial charge in [0.2, 0.25) is 0 Å². The van der Waals surface area contributed by atoms with Gasteiger partial charge in [0, 0.05) is 23.9 Å². The maximum Gasteiger partial charge on any atom is 0.251 e. The van der Waals surface area contributed by atoms with E-state index < -0.39 is 0 Å². The summed E-state index contributed by atoms with van der Waals surface area (Å²) in [7, 11) is 2.17. The van der Waals surface area contributed by atoms with Crippen LogP contribution in [-0.2, 0) is 0 Å². The largest absolute Gasteiger partial charge is 0.352 e. The molecule has 194 valence electrons. The zero-order valence-corrected chi connectivity index (χ0v) is 22.4. The standard InChI is InChI=1S/C32H35N5O/c1-22(2)29-18-28(21-37-30(20-35-31(29)37)26-6-4-24(19-33)5-7-26)25-8-10-27(11-9-25)32(38)34-15-12-23-13-16-36(3)17-14-23/h4-11,18,20-23H,12-17H2,1-3H3,(H,34,38). The van der Waals surface area contributed by atoms with Gasteiger partial charge < -0.3 is 10.2 Å². The molecule has 0 unspecified atom stereocenters. The van der Waals surface area contributed by atoms with E-state index in [-0.39, 0.29) is 5.91 Å². The molecule has 0 aliphatic carbocycles. The van der Waals surface area contributed by atoms with Crippen LogP contribution in [0.2, 0.25) is 0 Å². The van der Waals surface area contributed by atoms with Gasteiger partial charge in [-0.2, -0.15) is 5.26 Å². The van der Waals surface area contributed by atoms with Crippen molar-refractivity contribution < 1.29 is 4.79 Å². The number of carbonyl (C=O) groups excluding carboxylic acids is 1. The van der Waals surface area contributed by atoms with Gasteiger partial charge in [-0.15, -0.1) is 0 Å². The van der Waals surface area contributed by atoms with Gasteiger partial charge in [0.05, 0.1) is 23.5 Å². The zero-order valence-electron chi connectivity index (χ0n) is 22.4. The molecule has 1 fully saturated rings. The van der Waals surface area contributed by atoms with E-state index in [1.54, 1.807) is 0 Å². The number of nitrogens with one attached hydrogen (secondary N) is 1. The van der Waals surface area contributed by atoms with Crippen LogP contribution in [0.3, 0.4) is 0 Å². The van der Waals surface area contributed by atoms with Crippen LogP contribution >= 0.6 is 0 Å². The first-order chi connectivity index (χ1) is 18.4. The molecule has 0 bridgehead atoms. The molecular formula is C32H35N5O. The minimum absolute atomic E-state index is 0.0134. The molecule has 1 N–H and O–H groups in total. The third-order valence-electron chi connectivity index (χ3n) is 7.72. The first kappa shape index (κ1) is 25.7. The zero-order chi connectivity index (χ0) is 26.6. The molecule has 3 heterocycles. The number of benzene rings is 2. The minimum atomic E-state index is -0.0134. The van der Waals surface area contributed by atoms with Gasteiger partial charge >= 0.3 is 0 Å². The van der Waals surface area contributed by atoms with E-state index in [4.69, 9.17) is 10.2 Å². The number of pyridine rings is 1. The van der Waals surface area contributed by atoms with Crippen LogP contribution in [0, 0.1) is 17.2 Å². The second-order valence-electron chi connectivity index (χ2n) is 10.7. The number of nitrogens with zero attached hydrogens (tertiary/aromatic N) is 4. The van der Waals surface area contributed by atoms with E-state index in [1.165, 1.54) is 12.8 Å². The van der Waals surface area contributed by atoms with Gasteiger partial charge in [-0.1, -0.05) is 38.1 Å². The number of hydrogen-bond donors (Lipinski definition) is 1. The number of hydrogen-bond acceptors (Lipinski definition) is 4. The first-order valence-corrected chi connectivity index (χ1v) is 13.5. The Kier molecular flexibility index (Phi) is 7.57. The van der Waals surface area contributed by atoms with Crippen LogP contribution in [0.5, 0.6) is 0 Å². The number of piperidine rings is 1. The Morgan fingerprint density at radius 1 is 1.05 bits per heavy atom. The monoisotopic (exact) mass is 505 g/mol. The van der Waals surface area contributed by atoms with Crippen molar-refractivity contribution in [2.24, 2.45) is 5.92 Å². The Hall–Kier alpha value is -3.95. The average Bonchev–Trinajstić information content (AvgIpc) is 3.37. The van der Waals surface area contributed by atoms with Gasteiger partial charge in [0.15, 0.2) is 0 Å². The SMILES string of the molecule is CC(C)c1cc(-c2ccc(C(=O)NCCC3CCN(C)CC3)cc2)cn2c(-c3ccc(C#N)cc3)cnc12. The molecule has 0 spiro atoms. The lowest BCUT2D eigenvalue weighted by molar-refractivity contribution is 0.0949. The summed E-state index contributed by atoms with van der Waals surface area (Å²) in [6, 6.07) is 19.8. The lowest BCUT2D eigenvalue weighted by Gasteiger charge is -2.28. The summed E-state index contributed by atoms with van der Waals surface area (Å²) in [5, 5.41) is 12.3. The molecule has 0 atom stereocenters. The van der Waals surface area contributed by atoms with Gasteiger partial charge in [-0.05, 0) is 98.3 Å². The van der Waals surface area contributed by atoms with Crippen LogP contribution < -0.4 is 5.32 Å². The normalized spacial score (nSPS) is 14.6. The summed E-state index contributed by atoms with van der Waals surface area (Å²) in [6.45, 7) is 7.38. The molecule has 4 aromatic rings. The first-order valence-electron chi connectivity index (χ1n) is 13.5. The third-order valence-corrected chi connectivity index (χ3v) is 7.72. The highest BCUT2D eigenvalue weighted by Gasteiger charge is 2.17. The van der Waals surface area contributed by atoms with Crippen molar-refractivity contribution in [2.75, 3.05) is 26.7 Å². The van der Waals surface area contributed by atoms with Gasteiger partial charge in [-0.25, -0.2) is 4.98 Å². The van der Waals surface area contributed by atoms with E-state index in [1.807, 2.05) is 54.7 Å². The Labute approximate surface area is 224 Å². The predicted octanol–water partition coefficient (Wildman–Crippen LogP) is 6.13. The Balaban J connectivity index is 1.35. The third kappa shape index (κ3) is 5.49. The van der Waals surface area contributed by atoms with Gasteiger partial charge in [0.25, 0.3) is 5.91 Å². The smallest absolute Gasteiger partial charge is 0.251 e. The maximum atomic E-state index is 12.8. The van der Waals surface area contributed by atoms with E-state index >= 15 is 0 Å². The second kappa shape index (κ2) is 11.2. The molecule has 1 saturated heterocycles. The maximum absolute atomic E-state index is 12.8. The number of carbonyl (C=O) groups is 1. The van der Waals surface area contributed by atoms with Crippen molar-refractivity contribution in [3.63, 3.8) is 0 Å². The van der Waals surface area contributed by atoms with Crippen LogP contribution in [0.1, 0.15) is 60.5 Å². The summed E-state index contributed by atoms with van der Waals surface area (Å²) >= 11 is 0. The number of amides is 1. The van der Waals surface area contributed by atoms with E-state index in [0.29, 0.717) is 23.0 Å². The number of aromatic nitrogens is 2. The lowest BCUT2D eigenvalue weighted by Crippen LogP contribution is -2.32. The fourth-order valence-electron chi connectivity index (χ4n) is 5.28. The van der Waals surface area contributed by atoms with E-state index in [9.17, 15) is 4.79 Å². The van der Waals surface area contributed by atoms with Crippen molar-refractivity contribution in [3.05, 3.63) is 83.7 Å². The minimum Gasteiger partial charge on any atom is -0.352 e. The molecule has 6 heteroatoms. The second-order valence-corrected chi connectivity index (χ2v) is 10.7. The molecule has 38 heavy (non-hydrogen) atoms. The number of rotatable bonds is 7. The molecule has 1 aliphatic rings. The van der Waals surface area contributed by atoms with Crippen LogP contribution in [0.25, 0.3) is 28.0 Å². The summed E-state index contributed by atoms with van der Waals surface area (Å²) in [4.78, 5) is 19.9. The summed E-state index contributed by atoms with van der Waals surface area (Å²) in [5.41, 5.74) is 7.53. The molecule has 2 aromatic carbocycles. The van der Waals surface area contributed by atoms with Gasteiger partial charge in [0.1, 0.15) is 5.65 Å². The molecule has 5 rings (SSSR count). The molecule has 1 aliphatic heterocycles. The van der Waals surface area contributed by atoms with Crippen molar-refractivity contribution >= 4 is 11.6 Å². The molecule has 2 aromatic heterocycles. The number of nitriles is 1. The number of likely N-dealkylation sites (tertiary alicyclic amines) is 1. The van der Waals surface area contributed by atoms with Crippen molar-refractivity contribution in [1.29, 1.82) is 5.26 Å². The Morgan fingerprint density at radius 3 is 2.39 bits per heavy atom. The predicted molar refractivity (Wildman–Crippen MR) is 152 cm³/mol. The summed E-state index contributed by atoms with van der Waals surface area (Å²) in [6.07, 6.45) is 7.48. The Morgan fingerprint density at radius 2 is 1.74 bits per heavy atom. The molecule has 6 nitrogen and oxygen atoms in total. The van der Waals surface area contributed by atoms with Crippen LogP contribution in [0.4, 0.5) is 0 Å². The van der Waals surface area contributed by atoms with Gasteiger partial charge in [-0.3, -0.25) is 9.20 Å². The summed E-state index contributed by atoms with van der Waals surface area (Å²) < 4.78 is 2.13. The quantitative estimate of drug-likeness (QED) is 0.328. The van der Waals surface area contributed by atoms with E-state index in [2.05, 4.69) is 53.8 Å². The molecule has 1 amide bonds. The molecule has 0 radical (unpaired) electrons. The topological polar surface area (TPSA) is 73.4 Å². The fraction of sp³-hybridized carbons (Fsp3) is 0.344. The number of fused-ring (bicyclic) bond motifs is 1. The van der Waals surface area contributed by atoms with Crippen LogP contribution in [-0.4, -0.2) is 46.9 Å². The average molecular weight is 506 g/mol. The fourth-order valence-corrected chi connectivity index (χ4v) is 5.28. The van der Waals surface area contributed by atoms with Crippen molar-refractivity contribution in [3.8, 4) is 28.5 Å². The highest BCUT2D eigenvalue weighted by atomic mass is 16.1. The van der Waals surface area contributed by atoms with E-state index in [0.717, 1.165) is 59.7 Å². The lowest BCUT2D eigenvalue weighted by atomic mass is 9.94. The van der Waals surface area contributed by atoms with Crippen molar-refractivity contribution in [2.45, 2.75) is 39.0 Å². The molecule has 0 saturated carbocycles. The molecular weight excluding hydrogens is 470 g/mol. The Bertz CT molecular complexity index is 1450. The van der Waals surface area contributed by atoms with Crippen LogP contribution in [0.15, 0.2) is 67.0 Å². The van der Waals surface area contributed by atoms with Crippen molar-refractivity contribution in [1.82, 2.24) is 19.6 Å². The highest BCUT2D eigenvalue weighted by Crippen LogP contribution is 2.31. The summed E-state index contributed by atoms with van der Waals surface area (Å²) in [5.74, 6) is 0.986. The highest BCUT2D eigenvalue weighted by molar-refractivity contribution is 5.94. The number of imidazole rings is 1.